The minimum absolute atomic E-state index is 0.00985. The normalized spacial score (nSPS) is 15.1. The first kappa shape index (κ1) is 18.6. The third kappa shape index (κ3) is 4.12. The molecule has 0 N–H and O–H groups in total. The Hall–Kier alpha value is -2.21. The van der Waals surface area contributed by atoms with Crippen LogP contribution in [0.4, 0.5) is 4.79 Å². The molecule has 1 amide bonds. The molecule has 0 atom stereocenters. The topological polar surface area (TPSA) is 63.2 Å². The Bertz CT molecular complexity index is 815. The average molecular weight is 369 g/mol. The molecule has 0 aliphatic carbocycles. The lowest BCUT2D eigenvalue weighted by Crippen LogP contribution is -2.36. The third-order valence-corrected chi connectivity index (χ3v) is 5.61. The number of rotatable bonds is 3. The summed E-state index contributed by atoms with van der Waals surface area (Å²) in [7, 11) is 0. The number of hydrogen-bond acceptors (Lipinski definition) is 5. The zero-order valence-electron chi connectivity index (χ0n) is 15.4. The van der Waals surface area contributed by atoms with E-state index >= 15 is 0 Å². The van der Waals surface area contributed by atoms with Gasteiger partial charge in [-0.1, -0.05) is 18.2 Å². The Morgan fingerprint density at radius 3 is 2.35 bits per heavy atom. The third-order valence-electron chi connectivity index (χ3n) is 4.67. The molecule has 26 heavy (non-hydrogen) atoms. The van der Waals surface area contributed by atoms with E-state index in [0.29, 0.717) is 24.5 Å². The number of ketones is 1. The summed E-state index contributed by atoms with van der Waals surface area (Å²) in [5.74, 6) is 0.899. The predicted molar refractivity (Wildman–Crippen MR) is 103 cm³/mol. The van der Waals surface area contributed by atoms with Crippen LogP contribution in [0, 0.1) is 13.8 Å². The van der Waals surface area contributed by atoms with Crippen LogP contribution >= 0.6 is 11.8 Å². The average Bonchev–Trinajstić information content (AvgIpc) is 2.61. The first-order valence-corrected chi connectivity index (χ1v) is 9.65. The number of likely N-dealkylation sites (tertiary alicyclic amines) is 1. The number of carbonyl (C=O) groups excluding carboxylic acids is 2. The molecule has 6 heteroatoms. The molecule has 2 heterocycles. The maximum absolute atomic E-state index is 12.5. The molecule has 5 nitrogen and oxygen atoms in total. The summed E-state index contributed by atoms with van der Waals surface area (Å²) in [6.07, 6.45) is 1.63. The number of amides is 1. The highest BCUT2D eigenvalue weighted by Gasteiger charge is 2.28. The number of carbonyl (C=O) groups is 2. The summed E-state index contributed by atoms with van der Waals surface area (Å²) in [6.45, 7) is 6.66. The van der Waals surface area contributed by atoms with E-state index in [4.69, 9.17) is 0 Å². The Morgan fingerprint density at radius 2 is 1.73 bits per heavy atom. The van der Waals surface area contributed by atoms with Crippen LogP contribution in [0.25, 0.3) is 0 Å². The van der Waals surface area contributed by atoms with E-state index in [-0.39, 0.29) is 16.9 Å². The Labute approximate surface area is 158 Å². The van der Waals surface area contributed by atoms with E-state index in [2.05, 4.69) is 9.97 Å². The number of benzene rings is 1. The van der Waals surface area contributed by atoms with Gasteiger partial charge in [0.05, 0.1) is 17.0 Å². The number of aryl methyl sites for hydroxylation is 2. The molecule has 1 aliphatic heterocycles. The Morgan fingerprint density at radius 1 is 1.08 bits per heavy atom. The van der Waals surface area contributed by atoms with Crippen LogP contribution < -0.4 is 0 Å². The van der Waals surface area contributed by atoms with Gasteiger partial charge in [0.25, 0.3) is 5.24 Å². The minimum atomic E-state index is 0.00985. The summed E-state index contributed by atoms with van der Waals surface area (Å²) in [6, 6.07) is 9.70. The van der Waals surface area contributed by atoms with Crippen LogP contribution in [0.2, 0.25) is 0 Å². The highest BCUT2D eigenvalue weighted by Crippen LogP contribution is 2.32. The smallest absolute Gasteiger partial charge is 0.286 e. The number of hydrogen-bond donors (Lipinski definition) is 0. The van der Waals surface area contributed by atoms with Crippen LogP contribution in [0.15, 0.2) is 35.2 Å². The molecule has 1 aliphatic rings. The van der Waals surface area contributed by atoms with Gasteiger partial charge < -0.3 is 4.90 Å². The fourth-order valence-electron chi connectivity index (χ4n) is 3.46. The van der Waals surface area contributed by atoms with E-state index in [1.807, 2.05) is 49.1 Å². The van der Waals surface area contributed by atoms with Crippen LogP contribution in [0.3, 0.4) is 0 Å². The lowest BCUT2D eigenvalue weighted by Gasteiger charge is -2.32. The largest absolute Gasteiger partial charge is 0.333 e. The summed E-state index contributed by atoms with van der Waals surface area (Å²) in [5.41, 5.74) is 2.25. The molecule has 3 rings (SSSR count). The molecule has 0 unspecified atom stereocenters. The molecule has 1 saturated heterocycles. The standard InChI is InChI=1S/C20H23N3O2S/c1-13-18(14(2)24)19(22-15(3)21-13)16-9-11-23(12-10-16)20(25)26-17-7-5-4-6-8-17/h4-8,16H,9-12H2,1-3H3. The number of piperidine rings is 1. The quantitative estimate of drug-likeness (QED) is 0.593. The van der Waals surface area contributed by atoms with Gasteiger partial charge in [-0.3, -0.25) is 9.59 Å². The van der Waals surface area contributed by atoms with Crippen molar-refractivity contribution in [2.75, 3.05) is 13.1 Å². The second kappa shape index (κ2) is 7.99. The van der Waals surface area contributed by atoms with Gasteiger partial charge in [-0.15, -0.1) is 0 Å². The molecular formula is C20H23N3O2S. The van der Waals surface area contributed by atoms with Crippen molar-refractivity contribution in [1.29, 1.82) is 0 Å². The fraction of sp³-hybridized carbons (Fsp3) is 0.400. The van der Waals surface area contributed by atoms with Gasteiger partial charge in [0.2, 0.25) is 0 Å². The first-order valence-electron chi connectivity index (χ1n) is 8.83. The molecule has 1 aromatic heterocycles. The Kier molecular flexibility index (Phi) is 5.71. The van der Waals surface area contributed by atoms with Crippen molar-refractivity contribution in [3.05, 3.63) is 53.1 Å². The van der Waals surface area contributed by atoms with Gasteiger partial charge in [0.15, 0.2) is 5.78 Å². The highest BCUT2D eigenvalue weighted by molar-refractivity contribution is 8.13. The maximum Gasteiger partial charge on any atom is 0.286 e. The van der Waals surface area contributed by atoms with Gasteiger partial charge >= 0.3 is 0 Å². The highest BCUT2D eigenvalue weighted by atomic mass is 32.2. The van der Waals surface area contributed by atoms with Crippen LogP contribution in [-0.2, 0) is 0 Å². The molecule has 0 saturated carbocycles. The summed E-state index contributed by atoms with van der Waals surface area (Å²) < 4.78 is 0. The zero-order valence-corrected chi connectivity index (χ0v) is 16.2. The van der Waals surface area contributed by atoms with Gasteiger partial charge in [-0.25, -0.2) is 9.97 Å². The van der Waals surface area contributed by atoms with Gasteiger partial charge in [-0.2, -0.15) is 0 Å². The van der Waals surface area contributed by atoms with Crippen LogP contribution in [0.5, 0.6) is 0 Å². The van der Waals surface area contributed by atoms with Crippen molar-refractivity contribution in [1.82, 2.24) is 14.9 Å². The molecule has 2 aromatic rings. The van der Waals surface area contributed by atoms with E-state index in [0.717, 1.165) is 29.1 Å². The number of thioether (sulfide) groups is 1. The second-order valence-corrected chi connectivity index (χ2v) is 7.64. The van der Waals surface area contributed by atoms with E-state index in [1.54, 1.807) is 6.92 Å². The lowest BCUT2D eigenvalue weighted by atomic mass is 9.89. The SMILES string of the molecule is CC(=O)c1c(C)nc(C)nc1C1CCN(C(=O)Sc2ccccc2)CC1. The number of nitrogens with zero attached hydrogens (tertiary/aromatic N) is 3. The van der Waals surface area contributed by atoms with Crippen LogP contribution in [0.1, 0.15) is 53.3 Å². The van der Waals surface area contributed by atoms with Crippen molar-refractivity contribution in [2.24, 2.45) is 0 Å². The molecular weight excluding hydrogens is 346 g/mol. The monoisotopic (exact) mass is 369 g/mol. The summed E-state index contributed by atoms with van der Waals surface area (Å²) in [5, 5.41) is 0.0801. The zero-order chi connectivity index (χ0) is 18.7. The van der Waals surface area contributed by atoms with Crippen LogP contribution in [-0.4, -0.2) is 39.0 Å². The van der Waals surface area contributed by atoms with E-state index in [9.17, 15) is 9.59 Å². The summed E-state index contributed by atoms with van der Waals surface area (Å²) >= 11 is 1.27. The fourth-order valence-corrected chi connectivity index (χ4v) is 4.27. The predicted octanol–water partition coefficient (Wildman–Crippen LogP) is 4.39. The van der Waals surface area contributed by atoms with Crippen molar-refractivity contribution in [2.45, 2.75) is 44.4 Å². The van der Waals surface area contributed by atoms with Crippen molar-refractivity contribution in [3.8, 4) is 0 Å². The molecule has 136 valence electrons. The van der Waals surface area contributed by atoms with Gasteiger partial charge in [0, 0.05) is 23.9 Å². The van der Waals surface area contributed by atoms with Gasteiger partial charge in [0.1, 0.15) is 5.82 Å². The summed E-state index contributed by atoms with van der Waals surface area (Å²) in [4.78, 5) is 36.3. The lowest BCUT2D eigenvalue weighted by molar-refractivity contribution is 0.101. The minimum Gasteiger partial charge on any atom is -0.333 e. The Balaban J connectivity index is 1.69. The molecule has 0 radical (unpaired) electrons. The van der Waals surface area contributed by atoms with Crippen molar-refractivity contribution < 1.29 is 9.59 Å². The van der Waals surface area contributed by atoms with Crippen molar-refractivity contribution in [3.63, 3.8) is 0 Å². The number of Topliss-reactive ketones (excluding diaryl/α,β-unsaturated/α-hetero) is 1. The van der Waals surface area contributed by atoms with E-state index in [1.165, 1.54) is 11.8 Å². The van der Waals surface area contributed by atoms with Crippen molar-refractivity contribution >= 4 is 22.8 Å². The molecule has 0 spiro atoms. The molecule has 1 aromatic carbocycles. The maximum atomic E-state index is 12.5. The second-order valence-electron chi connectivity index (χ2n) is 6.62. The number of aromatic nitrogens is 2. The first-order chi connectivity index (χ1) is 12.5. The molecule has 1 fully saturated rings. The van der Waals surface area contributed by atoms with E-state index < -0.39 is 0 Å². The molecule has 0 bridgehead atoms. The van der Waals surface area contributed by atoms with Gasteiger partial charge in [-0.05, 0) is 57.5 Å².